The third-order valence-electron chi connectivity index (χ3n) is 6.62. The average molecular weight is 517 g/mol. The number of fused-ring (bicyclic) bond motifs is 2. The predicted molar refractivity (Wildman–Crippen MR) is 151 cm³/mol. The molecular weight excluding hydrogens is 495 g/mol. The van der Waals surface area contributed by atoms with Gasteiger partial charge in [0.2, 0.25) is 0 Å². The van der Waals surface area contributed by atoms with Gasteiger partial charge in [-0.25, -0.2) is 0 Å². The van der Waals surface area contributed by atoms with E-state index < -0.39 is 0 Å². The Hall–Kier alpha value is -4.75. The quantitative estimate of drug-likeness (QED) is 0.234. The Balaban J connectivity index is 1.24. The summed E-state index contributed by atoms with van der Waals surface area (Å²) in [4.78, 5) is 8.81. The van der Waals surface area contributed by atoms with Crippen LogP contribution in [0.4, 0.5) is 4.39 Å². The van der Waals surface area contributed by atoms with E-state index in [2.05, 4.69) is 38.4 Å². The first-order valence-electron chi connectivity index (χ1n) is 12.2. The lowest BCUT2D eigenvalue weighted by Crippen LogP contribution is -1.95. The minimum absolute atomic E-state index is 0.192. The van der Waals surface area contributed by atoms with Crippen LogP contribution in [-0.2, 0) is 6.61 Å². The molecule has 38 heavy (non-hydrogen) atoms. The third kappa shape index (κ3) is 4.13. The SMILES string of the molecule is Fc1ccc(-c2cccc3[nH]c(-c4n[nH]c5ccc(-c6cncc(OCc7ccccc7)c6)cc45)cc23)s1. The second-order valence-electron chi connectivity index (χ2n) is 9.07. The summed E-state index contributed by atoms with van der Waals surface area (Å²) in [5.74, 6) is 0.715. The number of nitrogens with one attached hydrogen (secondary N) is 2. The second kappa shape index (κ2) is 9.28. The maximum Gasteiger partial charge on any atom is 0.176 e. The maximum atomic E-state index is 13.7. The molecule has 4 aromatic heterocycles. The van der Waals surface area contributed by atoms with Crippen LogP contribution < -0.4 is 4.74 Å². The molecule has 0 aliphatic carbocycles. The molecule has 0 unspecified atom stereocenters. The van der Waals surface area contributed by atoms with Crippen LogP contribution in [0.5, 0.6) is 5.75 Å². The molecule has 0 atom stereocenters. The first-order valence-corrected chi connectivity index (χ1v) is 13.0. The van der Waals surface area contributed by atoms with Crippen molar-refractivity contribution in [3.05, 3.63) is 114 Å². The highest BCUT2D eigenvalue weighted by molar-refractivity contribution is 7.14. The fourth-order valence-electron chi connectivity index (χ4n) is 4.75. The number of aromatic amines is 2. The molecule has 184 valence electrons. The van der Waals surface area contributed by atoms with E-state index in [4.69, 9.17) is 4.74 Å². The Morgan fingerprint density at radius 2 is 1.71 bits per heavy atom. The van der Waals surface area contributed by atoms with Gasteiger partial charge in [-0.15, -0.1) is 11.3 Å². The van der Waals surface area contributed by atoms with E-state index in [1.165, 1.54) is 6.07 Å². The van der Waals surface area contributed by atoms with Crippen LogP contribution in [-0.4, -0.2) is 20.2 Å². The van der Waals surface area contributed by atoms with Crippen molar-refractivity contribution in [2.75, 3.05) is 0 Å². The standard InChI is InChI=1S/C31H21FN4OS/c32-30-12-11-29(38-30)23-7-4-8-26-24(23)15-28(34-26)31-25-14-20(9-10-27(25)35-36-31)21-13-22(17-33-16-21)37-18-19-5-2-1-3-6-19/h1-17,34H,18H2,(H,35,36). The van der Waals surface area contributed by atoms with Crippen LogP contribution in [0.3, 0.4) is 0 Å². The van der Waals surface area contributed by atoms with Crippen LogP contribution >= 0.6 is 11.3 Å². The smallest absolute Gasteiger partial charge is 0.176 e. The molecule has 7 heteroatoms. The number of hydrogen-bond donors (Lipinski definition) is 2. The summed E-state index contributed by atoms with van der Waals surface area (Å²) >= 11 is 1.15. The molecule has 0 bridgehead atoms. The van der Waals surface area contributed by atoms with Crippen LogP contribution in [0, 0.1) is 5.13 Å². The van der Waals surface area contributed by atoms with Crippen molar-refractivity contribution in [1.82, 2.24) is 20.2 Å². The molecule has 0 aliphatic heterocycles. The van der Waals surface area contributed by atoms with Gasteiger partial charge in [0.25, 0.3) is 0 Å². The Labute approximate surface area is 221 Å². The zero-order valence-electron chi connectivity index (χ0n) is 20.1. The van der Waals surface area contributed by atoms with Gasteiger partial charge in [-0.3, -0.25) is 10.1 Å². The molecule has 2 N–H and O–H groups in total. The van der Waals surface area contributed by atoms with Gasteiger partial charge < -0.3 is 9.72 Å². The topological polar surface area (TPSA) is 66.6 Å². The summed E-state index contributed by atoms with van der Waals surface area (Å²) in [7, 11) is 0. The normalized spacial score (nSPS) is 11.4. The Morgan fingerprint density at radius 1 is 0.789 bits per heavy atom. The monoisotopic (exact) mass is 516 g/mol. The van der Waals surface area contributed by atoms with Crippen molar-refractivity contribution in [2.45, 2.75) is 6.61 Å². The third-order valence-corrected chi connectivity index (χ3v) is 7.52. The lowest BCUT2D eigenvalue weighted by molar-refractivity contribution is 0.305. The predicted octanol–water partition coefficient (Wildman–Crippen LogP) is 8.22. The highest BCUT2D eigenvalue weighted by atomic mass is 32.1. The molecule has 0 saturated carbocycles. The van der Waals surface area contributed by atoms with Crippen molar-refractivity contribution in [1.29, 1.82) is 0 Å². The molecule has 0 fully saturated rings. The van der Waals surface area contributed by atoms with Gasteiger partial charge in [0, 0.05) is 38.5 Å². The van der Waals surface area contributed by atoms with Gasteiger partial charge in [-0.1, -0.05) is 48.5 Å². The van der Waals surface area contributed by atoms with Crippen molar-refractivity contribution in [3.63, 3.8) is 0 Å². The van der Waals surface area contributed by atoms with Gasteiger partial charge >= 0.3 is 0 Å². The number of halogens is 1. The van der Waals surface area contributed by atoms with Crippen LogP contribution in [0.25, 0.3) is 54.8 Å². The summed E-state index contributed by atoms with van der Waals surface area (Å²) in [6.07, 6.45) is 3.57. The van der Waals surface area contributed by atoms with Gasteiger partial charge in [-0.05, 0) is 53.6 Å². The Morgan fingerprint density at radius 3 is 2.58 bits per heavy atom. The highest BCUT2D eigenvalue weighted by Crippen LogP contribution is 2.37. The van der Waals surface area contributed by atoms with Crippen molar-refractivity contribution < 1.29 is 9.13 Å². The maximum absolute atomic E-state index is 13.7. The minimum atomic E-state index is -0.192. The van der Waals surface area contributed by atoms with Gasteiger partial charge in [-0.2, -0.15) is 9.49 Å². The van der Waals surface area contributed by atoms with Gasteiger partial charge in [0.1, 0.15) is 18.1 Å². The molecular formula is C31H21FN4OS. The number of aromatic nitrogens is 4. The number of nitrogens with zero attached hydrogens (tertiary/aromatic N) is 2. The summed E-state index contributed by atoms with van der Waals surface area (Å²) < 4.78 is 19.7. The zero-order chi connectivity index (χ0) is 25.5. The van der Waals surface area contributed by atoms with Crippen molar-refractivity contribution in [2.24, 2.45) is 0 Å². The molecule has 0 aliphatic rings. The molecule has 3 aromatic carbocycles. The number of hydrogen-bond acceptors (Lipinski definition) is 4. The van der Waals surface area contributed by atoms with E-state index >= 15 is 0 Å². The molecule has 0 saturated heterocycles. The van der Waals surface area contributed by atoms with Gasteiger partial charge in [0.05, 0.1) is 17.4 Å². The Kier molecular flexibility index (Phi) is 5.48. The molecule has 4 heterocycles. The lowest BCUT2D eigenvalue weighted by atomic mass is 10.0. The number of H-pyrrole nitrogens is 2. The summed E-state index contributed by atoms with van der Waals surface area (Å²) in [6, 6.07) is 29.7. The van der Waals surface area contributed by atoms with Gasteiger partial charge in [0.15, 0.2) is 5.13 Å². The van der Waals surface area contributed by atoms with E-state index in [-0.39, 0.29) is 5.13 Å². The number of ether oxygens (including phenoxy) is 1. The fraction of sp³-hybridized carbons (Fsp3) is 0.0323. The lowest BCUT2D eigenvalue weighted by Gasteiger charge is -2.08. The summed E-state index contributed by atoms with van der Waals surface area (Å²) in [5.41, 5.74) is 7.72. The van der Waals surface area contributed by atoms with Crippen LogP contribution in [0.2, 0.25) is 0 Å². The van der Waals surface area contributed by atoms with Crippen LogP contribution in [0.1, 0.15) is 5.56 Å². The Bertz CT molecular complexity index is 1900. The zero-order valence-corrected chi connectivity index (χ0v) is 20.9. The fourth-order valence-corrected chi connectivity index (χ4v) is 5.52. The van der Waals surface area contributed by atoms with Crippen molar-refractivity contribution in [3.8, 4) is 38.7 Å². The first kappa shape index (κ1) is 22.4. The van der Waals surface area contributed by atoms with Crippen LogP contribution in [0.15, 0.2) is 103 Å². The molecule has 0 spiro atoms. The average Bonchev–Trinajstić information content (AvgIpc) is 3.70. The first-order chi connectivity index (χ1) is 18.7. The molecule has 0 radical (unpaired) electrons. The molecule has 0 amide bonds. The summed E-state index contributed by atoms with van der Waals surface area (Å²) in [6.45, 7) is 0.484. The molecule has 7 rings (SSSR count). The molecule has 5 nitrogen and oxygen atoms in total. The van der Waals surface area contributed by atoms with E-state index in [1.807, 2.05) is 72.9 Å². The van der Waals surface area contributed by atoms with E-state index in [1.54, 1.807) is 6.20 Å². The number of benzene rings is 3. The van der Waals surface area contributed by atoms with E-state index in [0.717, 1.165) is 71.7 Å². The second-order valence-corrected chi connectivity index (χ2v) is 10.1. The molecule has 7 aromatic rings. The van der Waals surface area contributed by atoms with E-state index in [0.29, 0.717) is 12.4 Å². The van der Waals surface area contributed by atoms with E-state index in [9.17, 15) is 4.39 Å². The van der Waals surface area contributed by atoms with Crippen molar-refractivity contribution >= 4 is 33.1 Å². The number of thiophene rings is 1. The highest BCUT2D eigenvalue weighted by Gasteiger charge is 2.15. The largest absolute Gasteiger partial charge is 0.487 e. The number of pyridine rings is 1. The number of rotatable bonds is 6. The summed E-state index contributed by atoms with van der Waals surface area (Å²) in [5, 5.41) is 9.61. The minimum Gasteiger partial charge on any atom is -0.487 e.